The maximum absolute atomic E-state index is 13.3. The number of nitrogens with one attached hydrogen (secondary N) is 1. The molecule has 3 heterocycles. The van der Waals surface area contributed by atoms with Crippen molar-refractivity contribution < 1.29 is 23.3 Å². The van der Waals surface area contributed by atoms with Crippen molar-refractivity contribution in [2.24, 2.45) is 17.8 Å². The number of rotatable bonds is 10. The van der Waals surface area contributed by atoms with Crippen molar-refractivity contribution in [3.8, 4) is 0 Å². The minimum atomic E-state index is -1.86. The molecule has 0 aromatic rings. The first kappa shape index (κ1) is 26.3. The molecule has 186 valence electrons. The van der Waals surface area contributed by atoms with E-state index in [4.69, 9.17) is 8.95 Å². The van der Waals surface area contributed by atoms with Crippen molar-refractivity contribution in [3.05, 3.63) is 11.3 Å². The predicted molar refractivity (Wildman–Crippen MR) is 132 cm³/mol. The Morgan fingerprint density at radius 2 is 1.88 bits per heavy atom. The van der Waals surface area contributed by atoms with Gasteiger partial charge in [0.2, 0.25) is 11.8 Å². The third-order valence-corrected chi connectivity index (χ3v) is 13.2. The fraction of sp³-hybridized carbons (Fsp3) is 0.783. The lowest BCUT2D eigenvalue weighted by Crippen LogP contribution is -2.65. The molecule has 0 aromatic heterocycles. The molecule has 2 amide bonds. The van der Waals surface area contributed by atoms with Crippen LogP contribution in [0.2, 0.25) is 18.1 Å². The summed E-state index contributed by atoms with van der Waals surface area (Å²) in [6.07, 6.45) is 0.618. The Labute approximate surface area is 201 Å². The minimum absolute atomic E-state index is 0.0258. The first-order chi connectivity index (χ1) is 15.7. The quantitative estimate of drug-likeness (QED) is 0.284. The maximum atomic E-state index is 13.3. The summed E-state index contributed by atoms with van der Waals surface area (Å²) in [7, 11) is 1.81. The van der Waals surface area contributed by atoms with Crippen LogP contribution in [0.4, 0.5) is 0 Å². The van der Waals surface area contributed by atoms with E-state index in [1.54, 1.807) is 11.9 Å². The number of carbonyl (C=O) groups excluding carboxylic acids is 3. The number of likely N-dealkylation sites (tertiary alicyclic amines) is 1. The lowest BCUT2D eigenvalue weighted by molar-refractivity contribution is -0.161. The molecule has 0 aromatic carbocycles. The second-order valence-electron chi connectivity index (χ2n) is 9.69. The number of carbonyl (C=O) groups is 3. The predicted octanol–water partition coefficient (Wildman–Crippen LogP) is 2.53. The fourth-order valence-corrected chi connectivity index (χ4v) is 9.03. The Bertz CT molecular complexity index is 810. The van der Waals surface area contributed by atoms with E-state index >= 15 is 0 Å². The third-order valence-electron chi connectivity index (χ3n) is 8.25. The zero-order valence-electron chi connectivity index (χ0n) is 20.8. The first-order valence-electron chi connectivity index (χ1n) is 12.3. The molecule has 2 fully saturated rings. The van der Waals surface area contributed by atoms with Crippen LogP contribution in [0.15, 0.2) is 11.3 Å². The summed E-state index contributed by atoms with van der Waals surface area (Å²) in [5.41, 5.74) is 1.31. The van der Waals surface area contributed by atoms with Crippen LogP contribution in [0.3, 0.4) is 0 Å². The summed E-state index contributed by atoms with van der Waals surface area (Å²) in [6.45, 7) is 12.7. The van der Waals surface area contributed by atoms with E-state index in [-0.39, 0.29) is 41.7 Å². The summed E-state index contributed by atoms with van der Waals surface area (Å²) >= 11 is 0. The normalized spacial score (nSPS) is 28.6. The van der Waals surface area contributed by atoms with Gasteiger partial charge in [-0.25, -0.2) is 4.79 Å². The number of β-lactam (4-membered cyclic amide) rings is 1. The van der Waals surface area contributed by atoms with Gasteiger partial charge in [-0.05, 0) is 43.6 Å². The monoisotopic (exact) mass is 497 g/mol. The molecule has 8 nitrogen and oxygen atoms in total. The summed E-state index contributed by atoms with van der Waals surface area (Å²) in [5.74, 6) is -0.756. The van der Waals surface area contributed by atoms with Gasteiger partial charge in [-0.3, -0.25) is 14.5 Å². The van der Waals surface area contributed by atoms with Gasteiger partial charge < -0.3 is 19.2 Å². The van der Waals surface area contributed by atoms with Gasteiger partial charge in [0, 0.05) is 26.1 Å². The zero-order chi connectivity index (χ0) is 24.5. The second kappa shape index (κ2) is 10.5. The highest BCUT2D eigenvalue weighted by Gasteiger charge is 2.61. The van der Waals surface area contributed by atoms with Crippen LogP contribution in [0.1, 0.15) is 41.0 Å². The van der Waals surface area contributed by atoms with Crippen molar-refractivity contribution in [1.29, 1.82) is 0 Å². The molecule has 1 N–H and O–H groups in total. The highest BCUT2D eigenvalue weighted by molar-refractivity contribution is 7.10. The molecule has 3 aliphatic rings. The molecule has 0 bridgehead atoms. The Balaban J connectivity index is 1.80. The minimum Gasteiger partial charge on any atom is -0.447 e. The molecule has 3 rings (SSSR count). The van der Waals surface area contributed by atoms with Crippen LogP contribution in [0.25, 0.3) is 0 Å². The van der Waals surface area contributed by atoms with Gasteiger partial charge in [-0.15, -0.1) is 0 Å². The standard InChI is InChI=1S/C23H40N3O5PSi/c1-7-33(8-2,9-3)31-15(5)18-19-14(4)17(20(23(29)30-32)26(19)22(18)28)13-25-11-10-16(12-25)21(27)24-6/h14-16,18-19H,7-13,32H2,1-6H3,(H,24,27)/t14-,15+,16-,18?,19+/m0/s1. The Hall–Kier alpha value is -1.28. The largest absolute Gasteiger partial charge is 0.447 e. The molecule has 0 saturated carbocycles. The van der Waals surface area contributed by atoms with Crippen molar-refractivity contribution in [2.45, 2.75) is 71.3 Å². The van der Waals surface area contributed by atoms with E-state index in [2.05, 4.69) is 37.9 Å². The molecule has 2 saturated heterocycles. The Morgan fingerprint density at radius 1 is 1.24 bits per heavy atom. The van der Waals surface area contributed by atoms with Gasteiger partial charge in [-0.2, -0.15) is 0 Å². The number of hydrogen-bond donors (Lipinski definition) is 1. The highest BCUT2D eigenvalue weighted by atomic mass is 31.0. The smallest absolute Gasteiger partial charge is 0.357 e. The van der Waals surface area contributed by atoms with Crippen LogP contribution in [-0.4, -0.2) is 74.7 Å². The lowest BCUT2D eigenvalue weighted by atomic mass is 9.77. The SMILES string of the molecule is CC[Si](CC)(CC)O[C@H](C)C1C(=O)N2C(C(=O)OP)=C(CN3CC[C@H](C(=O)NC)C3)[C@H](C)[C@H]12. The van der Waals surface area contributed by atoms with Crippen molar-refractivity contribution in [2.75, 3.05) is 26.7 Å². The number of fused-ring (bicyclic) bond motifs is 1. The number of nitrogens with zero attached hydrogens (tertiary/aromatic N) is 2. The van der Waals surface area contributed by atoms with Gasteiger partial charge in [0.15, 0.2) is 8.32 Å². The van der Waals surface area contributed by atoms with Crippen LogP contribution in [0.5, 0.6) is 0 Å². The summed E-state index contributed by atoms with van der Waals surface area (Å²) in [6, 6.07) is 3.01. The lowest BCUT2D eigenvalue weighted by Gasteiger charge is -2.49. The van der Waals surface area contributed by atoms with E-state index in [0.717, 1.165) is 36.7 Å². The molecular formula is C23H40N3O5PSi. The van der Waals surface area contributed by atoms with E-state index in [0.29, 0.717) is 18.8 Å². The van der Waals surface area contributed by atoms with Gasteiger partial charge in [0.1, 0.15) is 5.70 Å². The van der Waals surface area contributed by atoms with Crippen LogP contribution < -0.4 is 5.32 Å². The molecular weight excluding hydrogens is 457 g/mol. The number of hydrogen-bond acceptors (Lipinski definition) is 6. The Morgan fingerprint density at radius 3 is 2.42 bits per heavy atom. The molecule has 0 radical (unpaired) electrons. The topological polar surface area (TPSA) is 88.2 Å². The third kappa shape index (κ3) is 4.66. The van der Waals surface area contributed by atoms with E-state index in [1.165, 1.54) is 0 Å². The van der Waals surface area contributed by atoms with Crippen molar-refractivity contribution in [1.82, 2.24) is 15.1 Å². The molecule has 6 atom stereocenters. The van der Waals surface area contributed by atoms with Gasteiger partial charge in [0.05, 0.1) is 33.4 Å². The molecule has 2 unspecified atom stereocenters. The molecule has 0 spiro atoms. The average Bonchev–Trinajstić information content (AvgIpc) is 3.38. The van der Waals surface area contributed by atoms with Gasteiger partial charge >= 0.3 is 5.97 Å². The Kier molecular flexibility index (Phi) is 8.41. The molecule has 3 aliphatic heterocycles. The van der Waals surface area contributed by atoms with Crippen LogP contribution in [-0.2, 0) is 23.3 Å². The summed E-state index contributed by atoms with van der Waals surface area (Å²) in [5, 5.41) is 2.73. The van der Waals surface area contributed by atoms with Crippen LogP contribution in [0, 0.1) is 17.8 Å². The first-order valence-corrected chi connectivity index (χ1v) is 15.3. The van der Waals surface area contributed by atoms with E-state index < -0.39 is 14.3 Å². The van der Waals surface area contributed by atoms with Crippen molar-refractivity contribution >= 4 is 35.6 Å². The van der Waals surface area contributed by atoms with Crippen LogP contribution >= 0.6 is 9.47 Å². The molecule has 10 heteroatoms. The number of amides is 2. The average molecular weight is 498 g/mol. The summed E-state index contributed by atoms with van der Waals surface area (Å²) in [4.78, 5) is 42.0. The van der Waals surface area contributed by atoms with Gasteiger partial charge in [-0.1, -0.05) is 27.7 Å². The van der Waals surface area contributed by atoms with Crippen molar-refractivity contribution in [3.63, 3.8) is 0 Å². The van der Waals surface area contributed by atoms with E-state index in [9.17, 15) is 14.4 Å². The zero-order valence-corrected chi connectivity index (χ0v) is 23.0. The van der Waals surface area contributed by atoms with E-state index in [1.807, 2.05) is 16.4 Å². The molecule has 33 heavy (non-hydrogen) atoms. The van der Waals surface area contributed by atoms with Gasteiger partial charge in [0.25, 0.3) is 0 Å². The maximum Gasteiger partial charge on any atom is 0.357 e. The highest BCUT2D eigenvalue weighted by Crippen LogP contribution is 2.49. The molecule has 0 aliphatic carbocycles. The summed E-state index contributed by atoms with van der Waals surface area (Å²) < 4.78 is 11.7. The fourth-order valence-electron chi connectivity index (χ4n) is 5.99. The second-order valence-corrected chi connectivity index (χ2v) is 14.7.